The molecule has 4 rings (SSSR count). The standard InChI is InChI=1S/C30H24O9/c31-28(32)22-1-7-25(8-2-22)37-16-19-13-20(17-38-26-9-3-23(4-10-26)29(33)34)15-21(14-19)18-39-27-11-5-24(6-12-27)30(35)36/h1-15H,16-18H2,(H,31,32)(H,33,34)(H,35,36). The Bertz CT molecular complexity index is 1270. The van der Waals surface area contributed by atoms with Crippen LogP contribution in [0.4, 0.5) is 0 Å². The molecule has 0 unspecified atom stereocenters. The summed E-state index contributed by atoms with van der Waals surface area (Å²) >= 11 is 0. The molecule has 0 bridgehead atoms. The van der Waals surface area contributed by atoms with Crippen molar-refractivity contribution < 1.29 is 43.9 Å². The van der Waals surface area contributed by atoms with Crippen LogP contribution in [0.15, 0.2) is 91.0 Å². The first-order valence-corrected chi connectivity index (χ1v) is 11.8. The Labute approximate surface area is 223 Å². The fourth-order valence-electron chi connectivity index (χ4n) is 3.67. The van der Waals surface area contributed by atoms with Crippen molar-refractivity contribution in [3.05, 3.63) is 124 Å². The molecule has 4 aromatic rings. The van der Waals surface area contributed by atoms with Gasteiger partial charge in [-0.1, -0.05) is 0 Å². The van der Waals surface area contributed by atoms with Crippen molar-refractivity contribution in [1.29, 1.82) is 0 Å². The first-order valence-electron chi connectivity index (χ1n) is 11.8. The van der Waals surface area contributed by atoms with Crippen molar-refractivity contribution in [3.8, 4) is 17.2 Å². The summed E-state index contributed by atoms with van der Waals surface area (Å²) in [6.07, 6.45) is 0. The Balaban J connectivity index is 1.48. The van der Waals surface area contributed by atoms with Crippen molar-refractivity contribution >= 4 is 17.9 Å². The molecule has 3 N–H and O–H groups in total. The van der Waals surface area contributed by atoms with Crippen LogP contribution in [-0.4, -0.2) is 33.2 Å². The Morgan fingerprint density at radius 3 is 0.872 bits per heavy atom. The molecule has 0 saturated heterocycles. The second-order valence-electron chi connectivity index (χ2n) is 8.51. The van der Waals surface area contributed by atoms with Gasteiger partial charge in [0.25, 0.3) is 0 Å². The summed E-state index contributed by atoms with van der Waals surface area (Å²) in [6.45, 7) is 0.607. The summed E-state index contributed by atoms with van der Waals surface area (Å²) in [6, 6.07) is 24.0. The molecule has 0 saturated carbocycles. The predicted molar refractivity (Wildman–Crippen MR) is 140 cm³/mol. The topological polar surface area (TPSA) is 140 Å². The molecule has 0 aliphatic rings. The van der Waals surface area contributed by atoms with Crippen LogP contribution in [0.3, 0.4) is 0 Å². The minimum absolute atomic E-state index is 0.161. The molecule has 0 heterocycles. The van der Waals surface area contributed by atoms with Crippen LogP contribution >= 0.6 is 0 Å². The molecule has 9 heteroatoms. The van der Waals surface area contributed by atoms with E-state index in [0.29, 0.717) is 17.2 Å². The number of rotatable bonds is 12. The van der Waals surface area contributed by atoms with E-state index in [2.05, 4.69) is 0 Å². The molecule has 39 heavy (non-hydrogen) atoms. The van der Waals surface area contributed by atoms with E-state index < -0.39 is 17.9 Å². The highest BCUT2D eigenvalue weighted by molar-refractivity contribution is 5.88. The fourth-order valence-corrected chi connectivity index (χ4v) is 3.67. The van der Waals surface area contributed by atoms with E-state index in [4.69, 9.17) is 29.5 Å². The summed E-state index contributed by atoms with van der Waals surface area (Å²) in [5.74, 6) is -1.53. The molecule has 0 fully saturated rings. The molecule has 9 nitrogen and oxygen atoms in total. The highest BCUT2D eigenvalue weighted by atomic mass is 16.5. The van der Waals surface area contributed by atoms with Gasteiger partial charge in [0.05, 0.1) is 16.7 Å². The molecular weight excluding hydrogens is 504 g/mol. The third kappa shape index (κ3) is 7.59. The highest BCUT2D eigenvalue weighted by Crippen LogP contribution is 2.21. The van der Waals surface area contributed by atoms with Crippen molar-refractivity contribution in [2.45, 2.75) is 19.8 Å². The van der Waals surface area contributed by atoms with Crippen LogP contribution in [0.2, 0.25) is 0 Å². The number of hydrogen-bond donors (Lipinski definition) is 3. The largest absolute Gasteiger partial charge is 0.489 e. The van der Waals surface area contributed by atoms with Crippen LogP contribution < -0.4 is 14.2 Å². The van der Waals surface area contributed by atoms with Gasteiger partial charge in [0.15, 0.2) is 0 Å². The Kier molecular flexibility index (Phi) is 8.43. The normalized spacial score (nSPS) is 10.5. The SMILES string of the molecule is O=C(O)c1ccc(OCc2cc(COc3ccc(C(=O)O)cc3)cc(COc3ccc(C(=O)O)cc3)c2)cc1. The van der Waals surface area contributed by atoms with Gasteiger partial charge in [0, 0.05) is 0 Å². The molecular formula is C30H24O9. The quantitative estimate of drug-likeness (QED) is 0.217. The monoisotopic (exact) mass is 528 g/mol. The van der Waals surface area contributed by atoms with Gasteiger partial charge >= 0.3 is 17.9 Å². The molecule has 0 radical (unpaired) electrons. The molecule has 0 aliphatic heterocycles. The lowest BCUT2D eigenvalue weighted by molar-refractivity contribution is 0.0686. The minimum Gasteiger partial charge on any atom is -0.489 e. The predicted octanol–water partition coefficient (Wildman–Crippen LogP) is 5.52. The van der Waals surface area contributed by atoms with Gasteiger partial charge in [0.2, 0.25) is 0 Å². The van der Waals surface area contributed by atoms with Gasteiger partial charge in [-0.15, -0.1) is 0 Å². The van der Waals surface area contributed by atoms with Gasteiger partial charge < -0.3 is 29.5 Å². The average molecular weight is 529 g/mol. The van der Waals surface area contributed by atoms with Gasteiger partial charge in [-0.05, 0) is 108 Å². The maximum absolute atomic E-state index is 11.1. The summed E-state index contributed by atoms with van der Waals surface area (Å²) < 4.78 is 17.5. The zero-order valence-electron chi connectivity index (χ0n) is 20.6. The van der Waals surface area contributed by atoms with E-state index in [-0.39, 0.29) is 36.5 Å². The van der Waals surface area contributed by atoms with Gasteiger partial charge in [0.1, 0.15) is 37.1 Å². The minimum atomic E-state index is -1.02. The van der Waals surface area contributed by atoms with E-state index in [1.54, 1.807) is 36.4 Å². The maximum atomic E-state index is 11.1. The summed E-state index contributed by atoms with van der Waals surface area (Å²) in [4.78, 5) is 33.2. The fraction of sp³-hybridized carbons (Fsp3) is 0.100. The molecule has 0 spiro atoms. The average Bonchev–Trinajstić information content (AvgIpc) is 2.94. The van der Waals surface area contributed by atoms with E-state index in [0.717, 1.165) is 16.7 Å². The van der Waals surface area contributed by atoms with Gasteiger partial charge in [-0.25, -0.2) is 14.4 Å². The summed E-state index contributed by atoms with van der Waals surface area (Å²) in [5.41, 5.74) is 2.94. The Morgan fingerprint density at radius 1 is 0.436 bits per heavy atom. The van der Waals surface area contributed by atoms with Crippen molar-refractivity contribution in [1.82, 2.24) is 0 Å². The molecule has 0 atom stereocenters. The number of aromatic carboxylic acids is 3. The summed E-state index contributed by atoms with van der Waals surface area (Å²) in [5, 5.41) is 27.2. The zero-order valence-corrected chi connectivity index (χ0v) is 20.6. The van der Waals surface area contributed by atoms with Crippen LogP contribution in [0, 0.1) is 0 Å². The smallest absolute Gasteiger partial charge is 0.335 e. The van der Waals surface area contributed by atoms with E-state index in [1.165, 1.54) is 36.4 Å². The third-order valence-electron chi connectivity index (χ3n) is 5.63. The number of carbonyl (C=O) groups is 3. The van der Waals surface area contributed by atoms with Crippen LogP contribution in [0.5, 0.6) is 17.2 Å². The lowest BCUT2D eigenvalue weighted by Crippen LogP contribution is -2.04. The lowest BCUT2D eigenvalue weighted by Gasteiger charge is -2.13. The van der Waals surface area contributed by atoms with E-state index in [9.17, 15) is 14.4 Å². The van der Waals surface area contributed by atoms with Crippen LogP contribution in [0.25, 0.3) is 0 Å². The van der Waals surface area contributed by atoms with Gasteiger partial charge in [-0.3, -0.25) is 0 Å². The molecule has 0 amide bonds. The van der Waals surface area contributed by atoms with Crippen molar-refractivity contribution in [2.24, 2.45) is 0 Å². The molecule has 4 aromatic carbocycles. The van der Waals surface area contributed by atoms with E-state index in [1.807, 2.05) is 18.2 Å². The molecule has 198 valence electrons. The van der Waals surface area contributed by atoms with E-state index >= 15 is 0 Å². The second-order valence-corrected chi connectivity index (χ2v) is 8.51. The van der Waals surface area contributed by atoms with Crippen molar-refractivity contribution in [2.75, 3.05) is 0 Å². The Morgan fingerprint density at radius 2 is 0.667 bits per heavy atom. The maximum Gasteiger partial charge on any atom is 0.335 e. The lowest BCUT2D eigenvalue weighted by atomic mass is 10.1. The Hall–Kier alpha value is -5.31. The van der Waals surface area contributed by atoms with Crippen molar-refractivity contribution in [3.63, 3.8) is 0 Å². The zero-order chi connectivity index (χ0) is 27.8. The molecule has 0 aromatic heterocycles. The summed E-state index contributed by atoms with van der Waals surface area (Å²) in [7, 11) is 0. The highest BCUT2D eigenvalue weighted by Gasteiger charge is 2.08. The third-order valence-corrected chi connectivity index (χ3v) is 5.63. The number of carboxylic acids is 3. The van der Waals surface area contributed by atoms with Crippen LogP contribution in [-0.2, 0) is 19.8 Å². The molecule has 0 aliphatic carbocycles. The van der Waals surface area contributed by atoms with Crippen LogP contribution in [0.1, 0.15) is 47.8 Å². The number of ether oxygens (including phenoxy) is 3. The number of benzene rings is 4. The van der Waals surface area contributed by atoms with Gasteiger partial charge in [-0.2, -0.15) is 0 Å². The number of carboxylic acid groups (broad SMARTS) is 3. The first-order chi connectivity index (χ1) is 18.8. The number of hydrogen-bond acceptors (Lipinski definition) is 6. The first kappa shape index (κ1) is 26.7. The second kappa shape index (κ2) is 12.3.